The lowest BCUT2D eigenvalue weighted by molar-refractivity contribution is 0.171. The average Bonchev–Trinajstić information content (AvgIpc) is 2.45. The van der Waals surface area contributed by atoms with Gasteiger partial charge in [0.1, 0.15) is 13.2 Å². The molecular weight excluding hydrogens is 295 g/mol. The highest BCUT2D eigenvalue weighted by Gasteiger charge is 2.17. The van der Waals surface area contributed by atoms with Crippen LogP contribution in [0.2, 0.25) is 5.02 Å². The summed E-state index contributed by atoms with van der Waals surface area (Å²) in [4.78, 5) is 0. The number of ether oxygens (including phenoxy) is 2. The Bertz CT molecular complexity index is 620. The van der Waals surface area contributed by atoms with Gasteiger partial charge < -0.3 is 9.47 Å². The molecule has 104 valence electrons. The molecule has 1 atom stereocenters. The Morgan fingerprint density at radius 1 is 0.950 bits per heavy atom. The number of benzene rings is 2. The maximum Gasteiger partial charge on any atom is 0.161 e. The van der Waals surface area contributed by atoms with Crippen LogP contribution in [0.4, 0.5) is 0 Å². The van der Waals surface area contributed by atoms with Crippen LogP contribution in [0.15, 0.2) is 36.4 Å². The minimum Gasteiger partial charge on any atom is -0.486 e. The number of halogens is 2. The molecule has 0 bridgehead atoms. The Kier molecular flexibility index (Phi) is 3.77. The smallest absolute Gasteiger partial charge is 0.161 e. The topological polar surface area (TPSA) is 18.5 Å². The summed E-state index contributed by atoms with van der Waals surface area (Å²) in [7, 11) is 0. The van der Waals surface area contributed by atoms with E-state index in [1.807, 2.05) is 43.3 Å². The number of fused-ring (bicyclic) bond motifs is 1. The molecule has 0 N–H and O–H groups in total. The molecule has 1 unspecified atom stereocenters. The van der Waals surface area contributed by atoms with Gasteiger partial charge in [-0.15, -0.1) is 11.6 Å². The van der Waals surface area contributed by atoms with Gasteiger partial charge in [-0.25, -0.2) is 0 Å². The monoisotopic (exact) mass is 308 g/mol. The zero-order valence-electron chi connectivity index (χ0n) is 11.0. The number of rotatable bonds is 2. The molecule has 0 amide bonds. The molecule has 0 radical (unpaired) electrons. The van der Waals surface area contributed by atoms with Gasteiger partial charge in [-0.1, -0.05) is 23.7 Å². The van der Waals surface area contributed by atoms with Gasteiger partial charge in [-0.2, -0.15) is 0 Å². The number of aryl methyl sites for hydroxylation is 1. The third-order valence-corrected chi connectivity index (χ3v) is 3.94. The van der Waals surface area contributed by atoms with Crippen molar-refractivity contribution in [2.45, 2.75) is 12.3 Å². The molecule has 0 fully saturated rings. The SMILES string of the molecule is Cc1cc(Cl)cc(C(Cl)c2ccc3c(c2)OCCO3)c1. The molecule has 2 aromatic carbocycles. The summed E-state index contributed by atoms with van der Waals surface area (Å²) in [5, 5.41) is 0.436. The van der Waals surface area contributed by atoms with Gasteiger partial charge in [0, 0.05) is 5.02 Å². The molecule has 2 aromatic rings. The van der Waals surface area contributed by atoms with Crippen molar-refractivity contribution >= 4 is 23.2 Å². The lowest BCUT2D eigenvalue weighted by Gasteiger charge is -2.20. The number of alkyl halides is 1. The molecule has 20 heavy (non-hydrogen) atoms. The molecule has 0 spiro atoms. The molecular formula is C16H14Cl2O2. The van der Waals surface area contributed by atoms with Gasteiger partial charge in [-0.05, 0) is 47.9 Å². The van der Waals surface area contributed by atoms with Gasteiger partial charge in [0.05, 0.1) is 5.38 Å². The minimum atomic E-state index is -0.261. The van der Waals surface area contributed by atoms with E-state index in [0.29, 0.717) is 18.2 Å². The van der Waals surface area contributed by atoms with Crippen molar-refractivity contribution in [1.82, 2.24) is 0 Å². The highest BCUT2D eigenvalue weighted by molar-refractivity contribution is 6.31. The summed E-state index contributed by atoms with van der Waals surface area (Å²) in [6, 6.07) is 11.6. The van der Waals surface area contributed by atoms with Crippen LogP contribution >= 0.6 is 23.2 Å². The summed E-state index contributed by atoms with van der Waals surface area (Å²) in [5.41, 5.74) is 3.04. The standard InChI is InChI=1S/C16H14Cl2O2/c1-10-6-12(8-13(17)7-10)16(18)11-2-3-14-15(9-11)20-5-4-19-14/h2-3,6-9,16H,4-5H2,1H3. The van der Waals surface area contributed by atoms with E-state index in [-0.39, 0.29) is 5.38 Å². The Morgan fingerprint density at radius 3 is 2.45 bits per heavy atom. The fourth-order valence-electron chi connectivity index (χ4n) is 2.32. The lowest BCUT2D eigenvalue weighted by atomic mass is 10.0. The van der Waals surface area contributed by atoms with Gasteiger partial charge in [0.25, 0.3) is 0 Å². The first-order valence-corrected chi connectivity index (χ1v) is 7.25. The van der Waals surface area contributed by atoms with E-state index in [1.165, 1.54) is 0 Å². The average molecular weight is 309 g/mol. The first kappa shape index (κ1) is 13.6. The van der Waals surface area contributed by atoms with Crippen molar-refractivity contribution in [3.05, 3.63) is 58.1 Å². The molecule has 2 nitrogen and oxygen atoms in total. The quantitative estimate of drug-likeness (QED) is 0.745. The van der Waals surface area contributed by atoms with Crippen LogP contribution in [0.3, 0.4) is 0 Å². The van der Waals surface area contributed by atoms with Gasteiger partial charge in [0.2, 0.25) is 0 Å². The van der Waals surface area contributed by atoms with Crippen molar-refractivity contribution in [2.24, 2.45) is 0 Å². The lowest BCUT2D eigenvalue weighted by Crippen LogP contribution is -2.15. The van der Waals surface area contributed by atoms with Crippen molar-refractivity contribution in [2.75, 3.05) is 13.2 Å². The molecule has 1 aliphatic heterocycles. The van der Waals surface area contributed by atoms with Crippen LogP contribution in [0, 0.1) is 6.92 Å². The molecule has 4 heteroatoms. The van der Waals surface area contributed by atoms with Gasteiger partial charge >= 0.3 is 0 Å². The van der Waals surface area contributed by atoms with E-state index in [1.54, 1.807) is 0 Å². The van der Waals surface area contributed by atoms with E-state index < -0.39 is 0 Å². The summed E-state index contributed by atoms with van der Waals surface area (Å²) in [6.07, 6.45) is 0. The fourth-order valence-corrected chi connectivity index (χ4v) is 2.88. The molecule has 0 aromatic heterocycles. The third-order valence-electron chi connectivity index (χ3n) is 3.22. The highest BCUT2D eigenvalue weighted by atomic mass is 35.5. The van der Waals surface area contributed by atoms with Crippen LogP contribution in [0.5, 0.6) is 11.5 Å². The second kappa shape index (κ2) is 5.55. The Hall–Kier alpha value is -1.38. The predicted octanol–water partition coefficient (Wildman–Crippen LogP) is 4.75. The van der Waals surface area contributed by atoms with Crippen molar-refractivity contribution in [3.63, 3.8) is 0 Å². The Labute approximate surface area is 128 Å². The fraction of sp³-hybridized carbons (Fsp3) is 0.250. The number of hydrogen-bond donors (Lipinski definition) is 0. The zero-order chi connectivity index (χ0) is 14.1. The van der Waals surface area contributed by atoms with E-state index in [2.05, 4.69) is 0 Å². The van der Waals surface area contributed by atoms with Crippen LogP contribution in [-0.4, -0.2) is 13.2 Å². The summed E-state index contributed by atoms with van der Waals surface area (Å²) in [5.74, 6) is 1.52. The van der Waals surface area contributed by atoms with E-state index in [0.717, 1.165) is 28.2 Å². The van der Waals surface area contributed by atoms with Gasteiger partial charge in [0.15, 0.2) is 11.5 Å². The van der Waals surface area contributed by atoms with Crippen LogP contribution in [0.25, 0.3) is 0 Å². The zero-order valence-corrected chi connectivity index (χ0v) is 12.5. The first-order chi connectivity index (χ1) is 9.63. The van der Waals surface area contributed by atoms with E-state index in [9.17, 15) is 0 Å². The molecule has 1 heterocycles. The largest absolute Gasteiger partial charge is 0.486 e. The molecule has 1 aliphatic rings. The maximum absolute atomic E-state index is 6.56. The summed E-state index contributed by atoms with van der Waals surface area (Å²) in [6.45, 7) is 3.16. The predicted molar refractivity (Wildman–Crippen MR) is 81.3 cm³/mol. The first-order valence-electron chi connectivity index (χ1n) is 6.44. The second-order valence-corrected chi connectivity index (χ2v) is 5.70. The minimum absolute atomic E-state index is 0.261. The van der Waals surface area contributed by atoms with Crippen LogP contribution in [-0.2, 0) is 0 Å². The van der Waals surface area contributed by atoms with E-state index in [4.69, 9.17) is 32.7 Å². The molecule has 3 rings (SSSR count). The molecule has 0 aliphatic carbocycles. The molecule has 0 saturated heterocycles. The summed E-state index contributed by atoms with van der Waals surface area (Å²) >= 11 is 12.7. The Morgan fingerprint density at radius 2 is 1.70 bits per heavy atom. The van der Waals surface area contributed by atoms with Crippen LogP contribution < -0.4 is 9.47 Å². The van der Waals surface area contributed by atoms with Crippen molar-refractivity contribution in [3.8, 4) is 11.5 Å². The maximum atomic E-state index is 6.56. The second-order valence-electron chi connectivity index (χ2n) is 4.83. The summed E-state index contributed by atoms with van der Waals surface area (Å²) < 4.78 is 11.1. The number of hydrogen-bond acceptors (Lipinski definition) is 2. The van der Waals surface area contributed by atoms with Crippen molar-refractivity contribution in [1.29, 1.82) is 0 Å². The van der Waals surface area contributed by atoms with Gasteiger partial charge in [-0.3, -0.25) is 0 Å². The third kappa shape index (κ3) is 2.72. The normalized spacial score (nSPS) is 14.9. The highest BCUT2D eigenvalue weighted by Crippen LogP contribution is 2.37. The van der Waals surface area contributed by atoms with Crippen LogP contribution in [0.1, 0.15) is 22.1 Å². The Balaban J connectivity index is 1.95. The molecule has 0 saturated carbocycles. The van der Waals surface area contributed by atoms with Crippen molar-refractivity contribution < 1.29 is 9.47 Å². The van der Waals surface area contributed by atoms with E-state index >= 15 is 0 Å².